The van der Waals surface area contributed by atoms with Crippen LogP contribution >= 0.6 is 12.2 Å². The molecule has 1 aliphatic rings. The second-order valence-electron chi connectivity index (χ2n) is 6.18. The van der Waals surface area contributed by atoms with Gasteiger partial charge in [-0.05, 0) is 55.9 Å². The predicted molar refractivity (Wildman–Crippen MR) is 101 cm³/mol. The average molecular weight is 371 g/mol. The first-order valence-electron chi connectivity index (χ1n) is 7.99. The Kier molecular flexibility index (Phi) is 4.50. The summed E-state index contributed by atoms with van der Waals surface area (Å²) in [6.45, 7) is 3.67. The summed E-state index contributed by atoms with van der Waals surface area (Å²) in [5.41, 5.74) is 2.66. The molecular formula is C19H18FN3O2S. The zero-order valence-electron chi connectivity index (χ0n) is 14.9. The molecule has 2 heterocycles. The third-order valence-corrected chi connectivity index (χ3v) is 5.06. The molecule has 0 radical (unpaired) electrons. The molecule has 3 rings (SSSR count). The monoisotopic (exact) mass is 371 g/mol. The molecule has 0 saturated carbocycles. The number of hydrogen-bond acceptors (Lipinski definition) is 3. The Labute approximate surface area is 156 Å². The maximum Gasteiger partial charge on any atom is 0.265 e. The van der Waals surface area contributed by atoms with Gasteiger partial charge in [0.25, 0.3) is 11.8 Å². The molecule has 1 fully saturated rings. The molecule has 0 spiro atoms. The maximum absolute atomic E-state index is 14.2. The third kappa shape index (κ3) is 2.74. The Morgan fingerprint density at radius 1 is 1.04 bits per heavy atom. The van der Waals surface area contributed by atoms with E-state index in [0.29, 0.717) is 11.3 Å². The normalized spacial score (nSPS) is 15.1. The first-order valence-corrected chi connectivity index (χ1v) is 8.40. The van der Waals surface area contributed by atoms with E-state index >= 15 is 0 Å². The Balaban J connectivity index is 2.12. The van der Waals surface area contributed by atoms with Crippen molar-refractivity contribution >= 4 is 35.2 Å². The van der Waals surface area contributed by atoms with Crippen LogP contribution in [0.1, 0.15) is 17.0 Å². The lowest BCUT2D eigenvalue weighted by atomic mass is 10.1. The summed E-state index contributed by atoms with van der Waals surface area (Å²) < 4.78 is 16.0. The van der Waals surface area contributed by atoms with Gasteiger partial charge in [-0.25, -0.2) is 4.39 Å². The highest BCUT2D eigenvalue weighted by Crippen LogP contribution is 2.26. The zero-order chi connectivity index (χ0) is 19.2. The molecule has 134 valence electrons. The van der Waals surface area contributed by atoms with Crippen molar-refractivity contribution < 1.29 is 14.0 Å². The van der Waals surface area contributed by atoms with Crippen molar-refractivity contribution in [2.24, 2.45) is 0 Å². The molecule has 0 aliphatic carbocycles. The summed E-state index contributed by atoms with van der Waals surface area (Å²) >= 11 is 5.09. The van der Waals surface area contributed by atoms with Gasteiger partial charge in [0.1, 0.15) is 11.4 Å². The molecule has 2 amide bonds. The molecule has 5 nitrogen and oxygen atoms in total. The fraction of sp³-hybridized carbons (Fsp3) is 0.211. The lowest BCUT2D eigenvalue weighted by Crippen LogP contribution is -2.52. The van der Waals surface area contributed by atoms with E-state index < -0.39 is 11.8 Å². The second kappa shape index (κ2) is 6.49. The molecule has 1 saturated heterocycles. The molecule has 2 aromatic rings. The van der Waals surface area contributed by atoms with Crippen LogP contribution < -0.4 is 0 Å². The van der Waals surface area contributed by atoms with Crippen molar-refractivity contribution in [2.45, 2.75) is 13.8 Å². The molecule has 26 heavy (non-hydrogen) atoms. The van der Waals surface area contributed by atoms with Crippen molar-refractivity contribution in [1.29, 1.82) is 0 Å². The topological polar surface area (TPSA) is 45.6 Å². The van der Waals surface area contributed by atoms with Gasteiger partial charge in [0, 0.05) is 25.5 Å². The molecule has 0 N–H and O–H groups in total. The highest BCUT2D eigenvalue weighted by atomic mass is 32.1. The number of para-hydroxylation sites is 1. The first-order chi connectivity index (χ1) is 12.2. The Morgan fingerprint density at radius 3 is 2.19 bits per heavy atom. The van der Waals surface area contributed by atoms with E-state index in [-0.39, 0.29) is 16.5 Å². The lowest BCUT2D eigenvalue weighted by molar-refractivity contribution is -0.132. The quantitative estimate of drug-likeness (QED) is 0.463. The maximum atomic E-state index is 14.2. The van der Waals surface area contributed by atoms with Gasteiger partial charge in [-0.1, -0.05) is 12.1 Å². The predicted octanol–water partition coefficient (Wildman–Crippen LogP) is 2.83. The summed E-state index contributed by atoms with van der Waals surface area (Å²) in [6, 6.07) is 8.29. The Hall–Kier alpha value is -2.80. The minimum Gasteiger partial charge on any atom is -0.315 e. The fourth-order valence-corrected chi connectivity index (χ4v) is 3.23. The lowest BCUT2D eigenvalue weighted by Gasteiger charge is -2.31. The van der Waals surface area contributed by atoms with E-state index in [0.717, 1.165) is 11.4 Å². The van der Waals surface area contributed by atoms with Crippen LogP contribution in [0, 0.1) is 19.7 Å². The number of aryl methyl sites for hydroxylation is 1. The third-order valence-electron chi connectivity index (χ3n) is 4.51. The van der Waals surface area contributed by atoms with Crippen molar-refractivity contribution in [3.05, 3.63) is 58.7 Å². The van der Waals surface area contributed by atoms with Crippen LogP contribution in [0.4, 0.5) is 4.39 Å². The number of hydrogen-bond donors (Lipinski definition) is 0. The number of thiocarbonyl (C=S) groups is 1. The number of aromatic nitrogens is 1. The molecule has 1 aliphatic heterocycles. The number of carbonyl (C=O) groups is 2. The molecule has 0 unspecified atom stereocenters. The number of carbonyl (C=O) groups excluding carboxylic acids is 2. The van der Waals surface area contributed by atoms with Crippen molar-refractivity contribution in [3.8, 4) is 5.69 Å². The molecule has 0 bridgehead atoms. The minimum atomic E-state index is -0.450. The van der Waals surface area contributed by atoms with Gasteiger partial charge in [0.15, 0.2) is 5.11 Å². The molecule has 7 heteroatoms. The van der Waals surface area contributed by atoms with Gasteiger partial charge in [0.2, 0.25) is 0 Å². The summed E-state index contributed by atoms with van der Waals surface area (Å²) in [6.07, 6.45) is 1.54. The minimum absolute atomic E-state index is 0.0254. The van der Waals surface area contributed by atoms with Gasteiger partial charge in [-0.3, -0.25) is 19.4 Å². The van der Waals surface area contributed by atoms with Crippen LogP contribution in [0.3, 0.4) is 0 Å². The zero-order valence-corrected chi connectivity index (χ0v) is 15.7. The SMILES string of the molecule is Cc1cc(C=C2C(=O)N(C)C(=S)N(C)C2=O)c(C)n1-c1ccccc1F. The molecule has 1 aromatic carbocycles. The summed E-state index contributed by atoms with van der Waals surface area (Å²) in [4.78, 5) is 27.5. The summed E-state index contributed by atoms with van der Waals surface area (Å²) in [5.74, 6) is -1.24. The van der Waals surface area contributed by atoms with Gasteiger partial charge < -0.3 is 4.57 Å². The Morgan fingerprint density at radius 2 is 1.62 bits per heavy atom. The first kappa shape index (κ1) is 18.0. The van der Waals surface area contributed by atoms with Gasteiger partial charge >= 0.3 is 0 Å². The number of halogens is 1. The highest BCUT2D eigenvalue weighted by Gasteiger charge is 2.35. The van der Waals surface area contributed by atoms with Crippen LogP contribution in [-0.4, -0.2) is 45.4 Å². The van der Waals surface area contributed by atoms with Crippen molar-refractivity contribution in [2.75, 3.05) is 14.1 Å². The number of rotatable bonds is 2. The highest BCUT2D eigenvalue weighted by molar-refractivity contribution is 7.80. The van der Waals surface area contributed by atoms with Crippen LogP contribution in [-0.2, 0) is 9.59 Å². The fourth-order valence-electron chi connectivity index (χ4n) is 3.07. The van der Waals surface area contributed by atoms with Crippen molar-refractivity contribution in [3.63, 3.8) is 0 Å². The number of likely N-dealkylation sites (N-methyl/N-ethyl adjacent to an activating group) is 2. The van der Waals surface area contributed by atoms with Crippen LogP contribution in [0.15, 0.2) is 35.9 Å². The summed E-state index contributed by atoms with van der Waals surface area (Å²) in [5, 5.41) is 0.161. The summed E-state index contributed by atoms with van der Waals surface area (Å²) in [7, 11) is 3.06. The average Bonchev–Trinajstić information content (AvgIpc) is 2.89. The van der Waals surface area contributed by atoms with E-state index in [9.17, 15) is 14.0 Å². The standard InChI is InChI=1S/C19H18FN3O2S/c1-11-9-13(12(2)23(11)16-8-6-5-7-15(16)20)10-14-17(24)21(3)19(26)22(4)18(14)25/h5-10H,1-4H3. The van der Waals surface area contributed by atoms with Gasteiger partial charge in [-0.15, -0.1) is 0 Å². The molecular weight excluding hydrogens is 353 g/mol. The van der Waals surface area contributed by atoms with Crippen LogP contribution in [0.25, 0.3) is 11.8 Å². The van der Waals surface area contributed by atoms with E-state index in [1.54, 1.807) is 28.8 Å². The van der Waals surface area contributed by atoms with E-state index in [4.69, 9.17) is 12.2 Å². The van der Waals surface area contributed by atoms with Crippen LogP contribution in [0.5, 0.6) is 0 Å². The number of benzene rings is 1. The number of amides is 2. The van der Waals surface area contributed by atoms with Crippen LogP contribution in [0.2, 0.25) is 0 Å². The van der Waals surface area contributed by atoms with Gasteiger partial charge in [0.05, 0.1) is 5.69 Å². The van der Waals surface area contributed by atoms with Crippen molar-refractivity contribution in [1.82, 2.24) is 14.4 Å². The number of nitrogens with zero attached hydrogens (tertiary/aromatic N) is 3. The largest absolute Gasteiger partial charge is 0.315 e. The van der Waals surface area contributed by atoms with E-state index in [1.807, 2.05) is 19.9 Å². The molecule has 0 atom stereocenters. The smallest absolute Gasteiger partial charge is 0.265 e. The molecule has 1 aromatic heterocycles. The van der Waals surface area contributed by atoms with E-state index in [1.165, 1.54) is 30.0 Å². The van der Waals surface area contributed by atoms with E-state index in [2.05, 4.69) is 0 Å². The second-order valence-corrected chi connectivity index (χ2v) is 6.55. The van der Waals surface area contributed by atoms with Gasteiger partial charge in [-0.2, -0.15) is 0 Å². The Bertz CT molecular complexity index is 951.